The summed E-state index contributed by atoms with van der Waals surface area (Å²) in [4.78, 5) is 9.70. The Bertz CT molecular complexity index is 398. The van der Waals surface area contributed by atoms with Gasteiger partial charge in [-0.2, -0.15) is 8.78 Å². The van der Waals surface area contributed by atoms with E-state index >= 15 is 0 Å². The Labute approximate surface area is 92.4 Å². The zero-order valence-corrected chi connectivity index (χ0v) is 9.00. The maximum absolute atomic E-state index is 13.2. The lowest BCUT2D eigenvalue weighted by Crippen LogP contribution is -2.25. The van der Waals surface area contributed by atoms with Crippen LogP contribution in [-0.2, 0) is 5.92 Å². The van der Waals surface area contributed by atoms with Gasteiger partial charge in [0.2, 0.25) is 0 Å². The zero-order chi connectivity index (χ0) is 11.6. The molecule has 1 aromatic carbocycles. The van der Waals surface area contributed by atoms with Crippen molar-refractivity contribution in [2.75, 3.05) is 6.54 Å². The minimum atomic E-state index is -3.19. The van der Waals surface area contributed by atoms with Gasteiger partial charge >= 0.3 is 0 Å². The molecule has 2 N–H and O–H groups in total. The van der Waals surface area contributed by atoms with E-state index in [1.807, 2.05) is 0 Å². The number of nitrogens with two attached hydrogens (primary N) is 1. The van der Waals surface area contributed by atoms with Gasteiger partial charge in [0, 0.05) is 22.2 Å². The Hall–Kier alpha value is -1.08. The molecule has 0 radical (unpaired) electrons. The highest BCUT2D eigenvalue weighted by Crippen LogP contribution is 2.34. The van der Waals surface area contributed by atoms with E-state index in [4.69, 9.17) is 5.73 Å². The van der Waals surface area contributed by atoms with E-state index in [0.29, 0.717) is 0 Å². The fourth-order valence-electron chi connectivity index (χ4n) is 1.02. The van der Waals surface area contributed by atoms with Gasteiger partial charge in [0.05, 0.1) is 11.5 Å². The average Bonchev–Trinajstić information content (AvgIpc) is 2.17. The van der Waals surface area contributed by atoms with Crippen LogP contribution in [0.25, 0.3) is 0 Å². The number of hydrogen-bond acceptors (Lipinski definition) is 3. The van der Waals surface area contributed by atoms with Gasteiger partial charge in [-0.15, -0.1) is 0 Å². The molecule has 0 amide bonds. The van der Waals surface area contributed by atoms with E-state index in [1.165, 1.54) is 0 Å². The van der Waals surface area contributed by atoms with E-state index in [1.54, 1.807) is 0 Å². The van der Waals surface area contributed by atoms with Crippen molar-refractivity contribution in [3.05, 3.63) is 38.3 Å². The largest absolute Gasteiger partial charge is 0.325 e. The molecule has 1 rings (SSSR count). The number of alkyl halides is 2. The van der Waals surface area contributed by atoms with Crippen LogP contribution >= 0.6 is 15.9 Å². The van der Waals surface area contributed by atoms with Crippen molar-refractivity contribution in [3.63, 3.8) is 0 Å². The smallest absolute Gasteiger partial charge is 0.286 e. The maximum Gasteiger partial charge on any atom is 0.286 e. The summed E-state index contributed by atoms with van der Waals surface area (Å²) in [6.45, 7) is -0.844. The normalized spacial score (nSPS) is 11.5. The molecule has 0 fully saturated rings. The van der Waals surface area contributed by atoms with Crippen molar-refractivity contribution in [2.45, 2.75) is 5.92 Å². The van der Waals surface area contributed by atoms with Crippen LogP contribution in [0.3, 0.4) is 0 Å². The summed E-state index contributed by atoms with van der Waals surface area (Å²) in [6.07, 6.45) is 0. The standard InChI is InChI=1S/C8H7BrF2N2O2/c9-7-3-5(13(14)15)1-2-6(7)8(10,11)4-12/h1-3H,4,12H2. The molecule has 0 saturated heterocycles. The summed E-state index contributed by atoms with van der Waals surface area (Å²) in [7, 11) is 0. The molecule has 82 valence electrons. The van der Waals surface area contributed by atoms with E-state index in [0.717, 1.165) is 18.2 Å². The molecule has 0 atom stereocenters. The van der Waals surface area contributed by atoms with Crippen molar-refractivity contribution < 1.29 is 13.7 Å². The second-order valence-corrected chi connectivity index (χ2v) is 3.68. The number of nitrogens with zero attached hydrogens (tertiary/aromatic N) is 1. The Morgan fingerprint density at radius 1 is 1.53 bits per heavy atom. The molecule has 0 heterocycles. The fourth-order valence-corrected chi connectivity index (χ4v) is 1.68. The third-order valence-electron chi connectivity index (χ3n) is 1.81. The van der Waals surface area contributed by atoms with Crippen LogP contribution in [0.2, 0.25) is 0 Å². The monoisotopic (exact) mass is 280 g/mol. The molecule has 0 aliphatic heterocycles. The predicted molar refractivity (Wildman–Crippen MR) is 53.7 cm³/mol. The summed E-state index contributed by atoms with van der Waals surface area (Å²) in [5.74, 6) is -3.19. The van der Waals surface area contributed by atoms with Gasteiger partial charge in [-0.1, -0.05) is 15.9 Å². The van der Waals surface area contributed by atoms with Crippen molar-refractivity contribution >= 4 is 21.6 Å². The zero-order valence-electron chi connectivity index (χ0n) is 7.41. The third kappa shape index (κ3) is 2.48. The summed E-state index contributed by atoms with van der Waals surface area (Å²) in [5.41, 5.74) is 4.30. The summed E-state index contributed by atoms with van der Waals surface area (Å²) < 4.78 is 26.3. The second-order valence-electron chi connectivity index (χ2n) is 2.83. The minimum absolute atomic E-state index is 0.0212. The Morgan fingerprint density at radius 2 is 2.13 bits per heavy atom. The Kier molecular flexibility index (Phi) is 3.35. The third-order valence-corrected chi connectivity index (χ3v) is 2.47. The summed E-state index contributed by atoms with van der Waals surface area (Å²) in [5, 5.41) is 10.4. The minimum Gasteiger partial charge on any atom is -0.325 e. The first-order chi connectivity index (χ1) is 6.88. The first kappa shape index (κ1) is 12.0. The van der Waals surface area contributed by atoms with Gasteiger partial charge in [0.25, 0.3) is 11.6 Å². The van der Waals surface area contributed by atoms with Gasteiger partial charge < -0.3 is 5.73 Å². The van der Waals surface area contributed by atoms with E-state index in [2.05, 4.69) is 15.9 Å². The number of non-ortho nitro benzene ring substituents is 1. The second kappa shape index (κ2) is 4.19. The topological polar surface area (TPSA) is 69.2 Å². The number of hydrogen-bond donors (Lipinski definition) is 1. The van der Waals surface area contributed by atoms with Crippen LogP contribution < -0.4 is 5.73 Å². The molecule has 7 heteroatoms. The van der Waals surface area contributed by atoms with E-state index < -0.39 is 17.4 Å². The van der Waals surface area contributed by atoms with Crippen molar-refractivity contribution in [3.8, 4) is 0 Å². The highest BCUT2D eigenvalue weighted by molar-refractivity contribution is 9.10. The molecule has 0 unspecified atom stereocenters. The molecule has 15 heavy (non-hydrogen) atoms. The fraction of sp³-hybridized carbons (Fsp3) is 0.250. The highest BCUT2D eigenvalue weighted by Gasteiger charge is 2.32. The quantitative estimate of drug-likeness (QED) is 0.683. The van der Waals surface area contributed by atoms with Crippen LogP contribution in [0, 0.1) is 10.1 Å². The predicted octanol–water partition coefficient (Wildman–Crippen LogP) is 2.41. The van der Waals surface area contributed by atoms with Crippen LogP contribution in [-0.4, -0.2) is 11.5 Å². The molecule has 0 saturated carbocycles. The number of benzene rings is 1. The van der Waals surface area contributed by atoms with Gasteiger partial charge in [-0.05, 0) is 6.07 Å². The number of halogens is 3. The molecule has 0 aromatic heterocycles. The summed E-state index contributed by atoms with van der Waals surface area (Å²) >= 11 is 2.85. The van der Waals surface area contributed by atoms with Crippen molar-refractivity contribution in [2.24, 2.45) is 5.73 Å². The molecule has 0 bridgehead atoms. The van der Waals surface area contributed by atoms with Crippen molar-refractivity contribution in [1.82, 2.24) is 0 Å². The molecule has 1 aromatic rings. The summed E-state index contributed by atoms with van der Waals surface area (Å²) in [6, 6.07) is 3.04. The number of rotatable bonds is 3. The van der Waals surface area contributed by atoms with Crippen LogP contribution in [0.1, 0.15) is 5.56 Å². The average molecular weight is 281 g/mol. The lowest BCUT2D eigenvalue weighted by molar-refractivity contribution is -0.385. The van der Waals surface area contributed by atoms with Gasteiger partial charge in [-0.3, -0.25) is 10.1 Å². The number of nitro groups is 1. The Balaban J connectivity index is 3.19. The maximum atomic E-state index is 13.2. The molecule has 0 aliphatic rings. The lowest BCUT2D eigenvalue weighted by atomic mass is 10.1. The van der Waals surface area contributed by atoms with Crippen LogP contribution in [0.4, 0.5) is 14.5 Å². The lowest BCUT2D eigenvalue weighted by Gasteiger charge is -2.15. The first-order valence-electron chi connectivity index (χ1n) is 3.91. The van der Waals surface area contributed by atoms with E-state index in [-0.39, 0.29) is 15.7 Å². The van der Waals surface area contributed by atoms with Crippen LogP contribution in [0.5, 0.6) is 0 Å². The van der Waals surface area contributed by atoms with Crippen molar-refractivity contribution in [1.29, 1.82) is 0 Å². The van der Waals surface area contributed by atoms with Gasteiger partial charge in [-0.25, -0.2) is 0 Å². The molecule has 0 spiro atoms. The highest BCUT2D eigenvalue weighted by atomic mass is 79.9. The SMILES string of the molecule is NCC(F)(F)c1ccc([N+](=O)[O-])cc1Br. The molecular weight excluding hydrogens is 274 g/mol. The van der Waals surface area contributed by atoms with Crippen LogP contribution in [0.15, 0.2) is 22.7 Å². The molecular formula is C8H7BrF2N2O2. The molecule has 4 nitrogen and oxygen atoms in total. The van der Waals surface area contributed by atoms with E-state index in [9.17, 15) is 18.9 Å². The van der Waals surface area contributed by atoms with Gasteiger partial charge in [0.1, 0.15) is 0 Å². The van der Waals surface area contributed by atoms with Gasteiger partial charge in [0.15, 0.2) is 0 Å². The number of nitro benzene ring substituents is 1. The first-order valence-corrected chi connectivity index (χ1v) is 4.70. The Morgan fingerprint density at radius 3 is 2.53 bits per heavy atom. The molecule has 0 aliphatic carbocycles.